The number of rotatable bonds is 1. The molecule has 0 radical (unpaired) electrons. The lowest BCUT2D eigenvalue weighted by atomic mass is 10.3. The van der Waals surface area contributed by atoms with Crippen molar-refractivity contribution in [2.45, 2.75) is 30.1 Å². The van der Waals surface area contributed by atoms with Crippen LogP contribution in [0, 0.1) is 5.92 Å². The second kappa shape index (κ2) is 1.61. The molecule has 0 aromatic carbocycles. The largest absolute Gasteiger partial charge is 0.0789 e. The van der Waals surface area contributed by atoms with E-state index in [0.29, 0.717) is 3.42 Å². The van der Waals surface area contributed by atoms with Crippen molar-refractivity contribution in [1.82, 2.24) is 0 Å². The maximum absolute atomic E-state index is 2.55. The van der Waals surface area contributed by atoms with E-state index in [4.69, 9.17) is 0 Å². The maximum Gasteiger partial charge on any atom is 0.0225 e. The Morgan fingerprint density at radius 3 is 2.29 bits per heavy atom. The lowest BCUT2D eigenvalue weighted by molar-refractivity contribution is 0.761. The third-order valence-electron chi connectivity index (χ3n) is 1.83. The lowest BCUT2D eigenvalue weighted by Crippen LogP contribution is -1.89. The van der Waals surface area contributed by atoms with Crippen molar-refractivity contribution in [2.75, 3.05) is 0 Å². The molecule has 1 fully saturated rings. The predicted molar refractivity (Wildman–Crippen MR) is 40.8 cm³/mol. The standard InChI is InChI=1S/C6H11I/c1-3-5-4-6(5,2)7/h5H,3-4H2,1-2H3. The van der Waals surface area contributed by atoms with Crippen molar-refractivity contribution in [1.29, 1.82) is 0 Å². The van der Waals surface area contributed by atoms with Crippen LogP contribution in [0.25, 0.3) is 0 Å². The van der Waals surface area contributed by atoms with Crippen molar-refractivity contribution in [3.05, 3.63) is 0 Å². The van der Waals surface area contributed by atoms with Gasteiger partial charge in [0.1, 0.15) is 0 Å². The van der Waals surface area contributed by atoms with Crippen molar-refractivity contribution in [2.24, 2.45) is 5.92 Å². The average molecular weight is 210 g/mol. The molecule has 1 heteroatoms. The van der Waals surface area contributed by atoms with E-state index in [-0.39, 0.29) is 0 Å². The number of hydrogen-bond donors (Lipinski definition) is 0. The fourth-order valence-corrected chi connectivity index (χ4v) is 1.96. The summed E-state index contributed by atoms with van der Waals surface area (Å²) in [7, 11) is 0. The minimum atomic E-state index is 0.687. The van der Waals surface area contributed by atoms with Crippen LogP contribution in [0.2, 0.25) is 0 Å². The van der Waals surface area contributed by atoms with Gasteiger partial charge in [-0.05, 0) is 12.3 Å². The molecule has 0 aromatic rings. The summed E-state index contributed by atoms with van der Waals surface area (Å²) in [4.78, 5) is 0. The first kappa shape index (κ1) is 5.86. The van der Waals surface area contributed by atoms with Gasteiger partial charge in [-0.15, -0.1) is 0 Å². The highest BCUT2D eigenvalue weighted by Gasteiger charge is 2.45. The van der Waals surface area contributed by atoms with Crippen LogP contribution in [0.15, 0.2) is 0 Å². The molecule has 0 aliphatic heterocycles. The first-order chi connectivity index (χ1) is 3.17. The lowest BCUT2D eigenvalue weighted by Gasteiger charge is -1.93. The van der Waals surface area contributed by atoms with E-state index in [1.807, 2.05) is 0 Å². The van der Waals surface area contributed by atoms with E-state index in [1.165, 1.54) is 12.8 Å². The smallest absolute Gasteiger partial charge is 0.0225 e. The second-order valence-corrected chi connectivity index (χ2v) is 5.05. The molecule has 1 rings (SSSR count). The van der Waals surface area contributed by atoms with E-state index in [2.05, 4.69) is 36.4 Å². The Hall–Kier alpha value is 0.730. The molecule has 0 nitrogen and oxygen atoms in total. The van der Waals surface area contributed by atoms with Crippen LogP contribution in [-0.2, 0) is 0 Å². The van der Waals surface area contributed by atoms with Gasteiger partial charge in [-0.2, -0.15) is 0 Å². The first-order valence-corrected chi connectivity index (χ1v) is 3.93. The maximum atomic E-state index is 2.55. The van der Waals surface area contributed by atoms with E-state index in [9.17, 15) is 0 Å². The number of hydrogen-bond acceptors (Lipinski definition) is 0. The number of halogens is 1. The van der Waals surface area contributed by atoms with Gasteiger partial charge >= 0.3 is 0 Å². The highest BCUT2D eigenvalue weighted by Crippen LogP contribution is 2.52. The quantitative estimate of drug-likeness (QED) is 0.461. The van der Waals surface area contributed by atoms with Gasteiger partial charge in [-0.1, -0.05) is 42.9 Å². The van der Waals surface area contributed by atoms with Gasteiger partial charge in [0.15, 0.2) is 0 Å². The molecule has 1 aliphatic carbocycles. The Labute approximate surface area is 58.8 Å². The summed E-state index contributed by atoms with van der Waals surface area (Å²) in [5.74, 6) is 1.04. The average Bonchev–Trinajstić information content (AvgIpc) is 2.13. The molecule has 1 aliphatic rings. The molecule has 0 saturated heterocycles. The Morgan fingerprint density at radius 2 is 2.29 bits per heavy atom. The summed E-state index contributed by atoms with van der Waals surface area (Å²) < 4.78 is 0.687. The molecule has 0 N–H and O–H groups in total. The van der Waals surface area contributed by atoms with E-state index in [1.54, 1.807) is 0 Å². The molecular formula is C6H11I. The van der Waals surface area contributed by atoms with Gasteiger partial charge in [-0.25, -0.2) is 0 Å². The zero-order valence-corrected chi connectivity index (χ0v) is 7.03. The molecule has 1 saturated carbocycles. The monoisotopic (exact) mass is 210 g/mol. The Balaban J connectivity index is 2.30. The van der Waals surface area contributed by atoms with Gasteiger partial charge < -0.3 is 0 Å². The molecular weight excluding hydrogens is 199 g/mol. The molecule has 2 unspecified atom stereocenters. The minimum absolute atomic E-state index is 0.687. The fourth-order valence-electron chi connectivity index (χ4n) is 0.993. The van der Waals surface area contributed by atoms with Crippen LogP contribution in [0.5, 0.6) is 0 Å². The van der Waals surface area contributed by atoms with E-state index in [0.717, 1.165) is 5.92 Å². The number of alkyl halides is 1. The minimum Gasteiger partial charge on any atom is -0.0789 e. The Kier molecular flexibility index (Phi) is 1.34. The van der Waals surface area contributed by atoms with Gasteiger partial charge in [0.2, 0.25) is 0 Å². The van der Waals surface area contributed by atoms with Crippen LogP contribution < -0.4 is 0 Å². The summed E-state index contributed by atoms with van der Waals surface area (Å²) in [6.07, 6.45) is 2.82. The Bertz CT molecular complexity index is 76.2. The molecule has 0 spiro atoms. The third kappa shape index (κ3) is 1.09. The summed E-state index contributed by atoms with van der Waals surface area (Å²) in [6, 6.07) is 0. The topological polar surface area (TPSA) is 0 Å². The SMILES string of the molecule is CCC1CC1(C)I. The second-order valence-electron chi connectivity index (χ2n) is 2.59. The van der Waals surface area contributed by atoms with Crippen LogP contribution in [0.3, 0.4) is 0 Å². The fraction of sp³-hybridized carbons (Fsp3) is 1.00. The van der Waals surface area contributed by atoms with Gasteiger partial charge in [-0.3, -0.25) is 0 Å². The van der Waals surface area contributed by atoms with Crippen molar-refractivity contribution in [3.63, 3.8) is 0 Å². The van der Waals surface area contributed by atoms with Crippen LogP contribution in [0.1, 0.15) is 26.7 Å². The predicted octanol–water partition coefficient (Wildman–Crippen LogP) is 2.61. The zero-order chi connectivity index (χ0) is 5.49. The summed E-state index contributed by atoms with van der Waals surface area (Å²) in [5.41, 5.74) is 0. The normalized spacial score (nSPS) is 49.3. The molecule has 7 heavy (non-hydrogen) atoms. The van der Waals surface area contributed by atoms with Gasteiger partial charge in [0.05, 0.1) is 0 Å². The molecule has 0 amide bonds. The van der Waals surface area contributed by atoms with Crippen molar-refractivity contribution < 1.29 is 0 Å². The van der Waals surface area contributed by atoms with Crippen molar-refractivity contribution >= 4 is 22.6 Å². The highest BCUT2D eigenvalue weighted by molar-refractivity contribution is 14.1. The summed E-state index contributed by atoms with van der Waals surface area (Å²) in [5, 5.41) is 0. The summed E-state index contributed by atoms with van der Waals surface area (Å²) >= 11 is 2.55. The van der Waals surface area contributed by atoms with E-state index < -0.39 is 0 Å². The zero-order valence-electron chi connectivity index (χ0n) is 4.87. The molecule has 0 bridgehead atoms. The molecule has 0 heterocycles. The van der Waals surface area contributed by atoms with E-state index >= 15 is 0 Å². The Morgan fingerprint density at radius 1 is 1.86 bits per heavy atom. The summed E-state index contributed by atoms with van der Waals surface area (Å²) in [6.45, 7) is 4.61. The highest BCUT2D eigenvalue weighted by atomic mass is 127. The molecule has 0 aromatic heterocycles. The first-order valence-electron chi connectivity index (χ1n) is 2.85. The van der Waals surface area contributed by atoms with Gasteiger partial charge in [0.25, 0.3) is 0 Å². The van der Waals surface area contributed by atoms with Crippen molar-refractivity contribution in [3.8, 4) is 0 Å². The third-order valence-corrected chi connectivity index (χ3v) is 3.15. The molecule has 2 atom stereocenters. The van der Waals surface area contributed by atoms with Gasteiger partial charge in [0, 0.05) is 3.42 Å². The van der Waals surface area contributed by atoms with Crippen LogP contribution in [-0.4, -0.2) is 3.42 Å². The van der Waals surface area contributed by atoms with Crippen LogP contribution in [0.4, 0.5) is 0 Å². The van der Waals surface area contributed by atoms with Crippen LogP contribution >= 0.6 is 22.6 Å². The molecule has 42 valence electrons.